The predicted octanol–water partition coefficient (Wildman–Crippen LogP) is 0.0773. The highest BCUT2D eigenvalue weighted by Crippen LogP contribution is 2.33. The maximum Gasteiger partial charge on any atom is 0.207 e. The number of carboxylic acids is 1. The number of benzene rings is 1. The van der Waals surface area contributed by atoms with Gasteiger partial charge in [-0.25, -0.2) is 0 Å². The molecule has 1 aromatic carbocycles. The molecule has 0 bridgehead atoms. The first-order chi connectivity index (χ1) is 7.36. The molecule has 0 saturated carbocycles. The van der Waals surface area contributed by atoms with Gasteiger partial charge in [0.1, 0.15) is 6.61 Å². The van der Waals surface area contributed by atoms with Crippen molar-refractivity contribution in [2.75, 3.05) is 6.61 Å². The lowest BCUT2D eigenvalue weighted by Crippen LogP contribution is -2.29. The summed E-state index contributed by atoms with van der Waals surface area (Å²) in [6, 6.07) is 0. The maximum absolute atomic E-state index is 12.9. The minimum absolute atomic E-state index is 1.29. The van der Waals surface area contributed by atoms with Crippen LogP contribution in [0.4, 0.5) is 17.6 Å². The molecule has 0 aliphatic rings. The molecule has 0 aliphatic carbocycles. The zero-order valence-electron chi connectivity index (χ0n) is 7.39. The Morgan fingerprint density at radius 2 is 1.56 bits per heavy atom. The molecule has 0 spiro atoms. The summed E-state index contributed by atoms with van der Waals surface area (Å²) in [6.45, 7) is -1.29. The Balaban J connectivity index is 3.23. The monoisotopic (exact) mass is 239 g/mol. The molecule has 1 rings (SSSR count). The average molecular weight is 239 g/mol. The topological polar surface area (TPSA) is 69.6 Å². The van der Waals surface area contributed by atoms with Gasteiger partial charge in [0.2, 0.25) is 23.3 Å². The molecule has 4 nitrogen and oxygen atoms in total. The summed E-state index contributed by atoms with van der Waals surface area (Å²) in [7, 11) is 0. The molecular formula is C8H3F4O4-. The molecule has 0 aliphatic heterocycles. The normalized spacial score (nSPS) is 10.2. The van der Waals surface area contributed by atoms with E-state index >= 15 is 0 Å². The zero-order valence-corrected chi connectivity index (χ0v) is 7.39. The van der Waals surface area contributed by atoms with E-state index in [1.165, 1.54) is 0 Å². The number of phenolic OH excluding ortho intramolecular Hbond substituents is 1. The van der Waals surface area contributed by atoms with Gasteiger partial charge in [-0.05, 0) is 0 Å². The molecule has 0 unspecified atom stereocenters. The van der Waals surface area contributed by atoms with Crippen LogP contribution in [0.3, 0.4) is 0 Å². The Hall–Kier alpha value is -1.99. The maximum atomic E-state index is 12.9. The van der Waals surface area contributed by atoms with E-state index in [-0.39, 0.29) is 0 Å². The van der Waals surface area contributed by atoms with Crippen molar-refractivity contribution in [2.24, 2.45) is 0 Å². The lowest BCUT2D eigenvalue weighted by atomic mass is 10.2. The van der Waals surface area contributed by atoms with Gasteiger partial charge in [-0.3, -0.25) is 0 Å². The number of aliphatic carboxylic acids is 1. The summed E-state index contributed by atoms with van der Waals surface area (Å²) in [4.78, 5) is 9.91. The minimum atomic E-state index is -2.08. The number of carboxylic acid groups (broad SMARTS) is 1. The molecule has 1 aromatic rings. The lowest BCUT2D eigenvalue weighted by molar-refractivity contribution is -0.307. The standard InChI is InChI=1S/C8H4F4O4/c9-3-5(11)8(16-1-2(13)14)6(12)4(10)7(3)15/h15H,1H2,(H,13,14)/p-1. The van der Waals surface area contributed by atoms with Crippen LogP contribution in [0.5, 0.6) is 11.5 Å². The van der Waals surface area contributed by atoms with Crippen LogP contribution in [0.25, 0.3) is 0 Å². The van der Waals surface area contributed by atoms with Crippen LogP contribution in [-0.4, -0.2) is 17.7 Å². The summed E-state index contributed by atoms with van der Waals surface area (Å²) >= 11 is 0. The summed E-state index contributed by atoms with van der Waals surface area (Å²) in [6.07, 6.45) is 0. The molecular weight excluding hydrogens is 236 g/mol. The van der Waals surface area contributed by atoms with Crippen molar-refractivity contribution in [1.82, 2.24) is 0 Å². The Morgan fingerprint density at radius 3 is 1.94 bits per heavy atom. The first-order valence-corrected chi connectivity index (χ1v) is 3.73. The van der Waals surface area contributed by atoms with Crippen LogP contribution >= 0.6 is 0 Å². The van der Waals surface area contributed by atoms with Crippen molar-refractivity contribution in [2.45, 2.75) is 0 Å². The van der Waals surface area contributed by atoms with Gasteiger partial charge in [-0.15, -0.1) is 0 Å². The molecule has 0 saturated heterocycles. The molecule has 8 heteroatoms. The van der Waals surface area contributed by atoms with Gasteiger partial charge < -0.3 is 19.7 Å². The minimum Gasteiger partial charge on any atom is -0.546 e. The van der Waals surface area contributed by atoms with Gasteiger partial charge >= 0.3 is 0 Å². The number of phenols is 1. The van der Waals surface area contributed by atoms with E-state index in [0.717, 1.165) is 0 Å². The highest BCUT2D eigenvalue weighted by Gasteiger charge is 2.26. The van der Waals surface area contributed by atoms with Crippen molar-refractivity contribution >= 4 is 5.97 Å². The SMILES string of the molecule is O=C([O-])COc1c(F)c(F)c(O)c(F)c1F. The molecule has 0 fully saturated rings. The number of halogens is 4. The summed E-state index contributed by atoms with van der Waals surface area (Å²) in [5, 5.41) is 18.5. The third-order valence-corrected chi connectivity index (χ3v) is 1.53. The lowest BCUT2D eigenvalue weighted by Gasteiger charge is -2.10. The fourth-order valence-corrected chi connectivity index (χ4v) is 0.858. The van der Waals surface area contributed by atoms with Gasteiger partial charge in [-0.1, -0.05) is 0 Å². The predicted molar refractivity (Wildman–Crippen MR) is 38.4 cm³/mol. The Morgan fingerprint density at radius 1 is 1.12 bits per heavy atom. The molecule has 0 aromatic heterocycles. The average Bonchev–Trinajstić information content (AvgIpc) is 2.23. The van der Waals surface area contributed by atoms with Gasteiger partial charge in [0.15, 0.2) is 11.5 Å². The van der Waals surface area contributed by atoms with Crippen LogP contribution in [0.2, 0.25) is 0 Å². The number of aromatic hydroxyl groups is 1. The van der Waals surface area contributed by atoms with E-state index in [2.05, 4.69) is 4.74 Å². The van der Waals surface area contributed by atoms with Crippen molar-refractivity contribution in [3.8, 4) is 11.5 Å². The van der Waals surface area contributed by atoms with Crippen molar-refractivity contribution in [1.29, 1.82) is 0 Å². The van der Waals surface area contributed by atoms with Gasteiger partial charge in [0, 0.05) is 0 Å². The third-order valence-electron chi connectivity index (χ3n) is 1.53. The first-order valence-electron chi connectivity index (χ1n) is 3.73. The number of ether oxygens (including phenoxy) is 1. The fourth-order valence-electron chi connectivity index (χ4n) is 0.858. The number of carbonyl (C=O) groups excluding carboxylic acids is 1. The van der Waals surface area contributed by atoms with Gasteiger partial charge in [0.05, 0.1) is 5.97 Å². The second kappa shape index (κ2) is 4.25. The summed E-state index contributed by atoms with van der Waals surface area (Å²) in [5.41, 5.74) is 0. The van der Waals surface area contributed by atoms with Gasteiger partial charge in [-0.2, -0.15) is 17.6 Å². The molecule has 0 amide bonds. The molecule has 0 heterocycles. The molecule has 0 atom stereocenters. The fraction of sp³-hybridized carbons (Fsp3) is 0.125. The smallest absolute Gasteiger partial charge is 0.207 e. The largest absolute Gasteiger partial charge is 0.546 e. The molecule has 0 radical (unpaired) electrons. The van der Waals surface area contributed by atoms with E-state index in [0.29, 0.717) is 0 Å². The number of rotatable bonds is 3. The molecule has 1 N–H and O–H groups in total. The van der Waals surface area contributed by atoms with Crippen molar-refractivity contribution in [3.63, 3.8) is 0 Å². The number of carbonyl (C=O) groups is 1. The second-order valence-electron chi connectivity index (χ2n) is 2.59. The van der Waals surface area contributed by atoms with E-state index < -0.39 is 47.3 Å². The van der Waals surface area contributed by atoms with E-state index in [1.807, 2.05) is 0 Å². The molecule has 88 valence electrons. The van der Waals surface area contributed by atoms with E-state index in [1.54, 1.807) is 0 Å². The highest BCUT2D eigenvalue weighted by molar-refractivity contribution is 5.66. The van der Waals surface area contributed by atoms with E-state index in [9.17, 15) is 27.5 Å². The van der Waals surface area contributed by atoms with Crippen LogP contribution < -0.4 is 9.84 Å². The number of hydrogen-bond donors (Lipinski definition) is 1. The van der Waals surface area contributed by atoms with Crippen LogP contribution in [0, 0.1) is 23.3 Å². The van der Waals surface area contributed by atoms with Crippen LogP contribution in [0.15, 0.2) is 0 Å². The Bertz CT molecular complexity index is 417. The highest BCUT2D eigenvalue weighted by atomic mass is 19.2. The summed E-state index contributed by atoms with van der Waals surface area (Å²) < 4.78 is 55.1. The second-order valence-corrected chi connectivity index (χ2v) is 2.59. The number of hydrogen-bond acceptors (Lipinski definition) is 4. The zero-order chi connectivity index (χ0) is 12.5. The van der Waals surface area contributed by atoms with Crippen molar-refractivity contribution in [3.05, 3.63) is 23.3 Å². The quantitative estimate of drug-likeness (QED) is 0.599. The van der Waals surface area contributed by atoms with Gasteiger partial charge in [0.25, 0.3) is 0 Å². The Labute approximate surface area is 85.7 Å². The first kappa shape index (κ1) is 12.1. The summed E-state index contributed by atoms with van der Waals surface area (Å²) in [5.74, 6) is -13.5. The third kappa shape index (κ3) is 2.00. The Kier molecular flexibility index (Phi) is 3.21. The molecule has 16 heavy (non-hydrogen) atoms. The van der Waals surface area contributed by atoms with Crippen molar-refractivity contribution < 1.29 is 37.3 Å². The van der Waals surface area contributed by atoms with Crippen LogP contribution in [-0.2, 0) is 4.79 Å². The van der Waals surface area contributed by atoms with Crippen LogP contribution in [0.1, 0.15) is 0 Å². The van der Waals surface area contributed by atoms with E-state index in [4.69, 9.17) is 5.11 Å².